The van der Waals surface area contributed by atoms with Gasteiger partial charge in [-0.05, 0) is 25.8 Å². The zero-order chi connectivity index (χ0) is 14.7. The second-order valence-electron chi connectivity index (χ2n) is 5.01. The second-order valence-corrected chi connectivity index (χ2v) is 5.01. The van der Waals surface area contributed by atoms with Gasteiger partial charge in [0.1, 0.15) is 0 Å². The van der Waals surface area contributed by atoms with Gasteiger partial charge in [0, 0.05) is 13.5 Å². The first-order chi connectivity index (χ1) is 9.47. The first-order valence-electron chi connectivity index (χ1n) is 6.62. The summed E-state index contributed by atoms with van der Waals surface area (Å²) in [5.41, 5.74) is 9.50. The SMILES string of the molecule is Cc1ccc(CCC(=O)Nc2c(N)c(C)nn2C)cc1. The van der Waals surface area contributed by atoms with Gasteiger partial charge in [-0.15, -0.1) is 0 Å². The van der Waals surface area contributed by atoms with Crippen LogP contribution in [0.2, 0.25) is 0 Å². The van der Waals surface area contributed by atoms with E-state index < -0.39 is 0 Å². The second kappa shape index (κ2) is 5.77. The highest BCUT2D eigenvalue weighted by atomic mass is 16.1. The topological polar surface area (TPSA) is 72.9 Å². The predicted molar refractivity (Wildman–Crippen MR) is 80.5 cm³/mol. The molecule has 0 atom stereocenters. The lowest BCUT2D eigenvalue weighted by atomic mass is 10.1. The van der Waals surface area contributed by atoms with Crippen molar-refractivity contribution in [1.82, 2.24) is 9.78 Å². The maximum Gasteiger partial charge on any atom is 0.225 e. The van der Waals surface area contributed by atoms with E-state index in [-0.39, 0.29) is 5.91 Å². The molecule has 0 radical (unpaired) electrons. The number of hydrogen-bond donors (Lipinski definition) is 2. The van der Waals surface area contributed by atoms with Crippen molar-refractivity contribution in [3.05, 3.63) is 41.1 Å². The molecule has 1 aromatic heterocycles. The Morgan fingerprint density at radius 3 is 2.50 bits per heavy atom. The van der Waals surface area contributed by atoms with Crippen LogP contribution in [0.4, 0.5) is 11.5 Å². The number of amides is 1. The van der Waals surface area contributed by atoms with Crippen molar-refractivity contribution in [1.29, 1.82) is 0 Å². The Morgan fingerprint density at radius 2 is 1.95 bits per heavy atom. The molecule has 0 saturated carbocycles. The Balaban J connectivity index is 1.94. The maximum atomic E-state index is 12.0. The van der Waals surface area contributed by atoms with Crippen LogP contribution in [-0.2, 0) is 18.3 Å². The molecule has 1 aromatic carbocycles. The fraction of sp³-hybridized carbons (Fsp3) is 0.333. The van der Waals surface area contributed by atoms with E-state index in [0.29, 0.717) is 24.3 Å². The predicted octanol–water partition coefficient (Wildman–Crippen LogP) is 2.19. The van der Waals surface area contributed by atoms with Crippen LogP contribution in [0.1, 0.15) is 23.2 Å². The first kappa shape index (κ1) is 14.1. The average Bonchev–Trinajstić information content (AvgIpc) is 2.65. The Bertz CT molecular complexity index is 614. The Kier molecular flexibility index (Phi) is 4.08. The lowest BCUT2D eigenvalue weighted by Crippen LogP contribution is -2.16. The number of aromatic nitrogens is 2. The average molecular weight is 272 g/mol. The number of rotatable bonds is 4. The molecular formula is C15H20N4O. The first-order valence-corrected chi connectivity index (χ1v) is 6.62. The molecule has 0 aliphatic rings. The molecule has 0 saturated heterocycles. The van der Waals surface area contributed by atoms with Crippen LogP contribution >= 0.6 is 0 Å². The van der Waals surface area contributed by atoms with Gasteiger partial charge < -0.3 is 11.1 Å². The van der Waals surface area contributed by atoms with Gasteiger partial charge in [-0.1, -0.05) is 29.8 Å². The Morgan fingerprint density at radius 1 is 1.30 bits per heavy atom. The zero-order valence-electron chi connectivity index (χ0n) is 12.1. The van der Waals surface area contributed by atoms with Crippen LogP contribution in [0.5, 0.6) is 0 Å². The fourth-order valence-corrected chi connectivity index (χ4v) is 2.03. The molecule has 1 heterocycles. The van der Waals surface area contributed by atoms with Crippen molar-refractivity contribution in [2.45, 2.75) is 26.7 Å². The number of anilines is 2. The number of nitrogens with two attached hydrogens (primary N) is 1. The summed E-state index contributed by atoms with van der Waals surface area (Å²) in [6.45, 7) is 3.86. The maximum absolute atomic E-state index is 12.0. The van der Waals surface area contributed by atoms with Gasteiger partial charge in [0.2, 0.25) is 5.91 Å². The largest absolute Gasteiger partial charge is 0.394 e. The van der Waals surface area contributed by atoms with E-state index in [0.717, 1.165) is 11.3 Å². The lowest BCUT2D eigenvalue weighted by Gasteiger charge is -2.07. The molecule has 2 rings (SSSR count). The highest BCUT2D eigenvalue weighted by molar-refractivity contribution is 5.93. The van der Waals surface area contributed by atoms with Crippen LogP contribution in [-0.4, -0.2) is 15.7 Å². The van der Waals surface area contributed by atoms with Gasteiger partial charge in [0.25, 0.3) is 0 Å². The quantitative estimate of drug-likeness (QED) is 0.896. The van der Waals surface area contributed by atoms with E-state index in [2.05, 4.69) is 22.5 Å². The van der Waals surface area contributed by atoms with E-state index in [1.54, 1.807) is 11.7 Å². The van der Waals surface area contributed by atoms with Crippen LogP contribution < -0.4 is 11.1 Å². The molecule has 20 heavy (non-hydrogen) atoms. The third-order valence-corrected chi connectivity index (χ3v) is 3.29. The van der Waals surface area contributed by atoms with E-state index >= 15 is 0 Å². The van der Waals surface area contributed by atoms with E-state index in [1.807, 2.05) is 26.0 Å². The summed E-state index contributed by atoms with van der Waals surface area (Å²) in [5, 5.41) is 6.99. The van der Waals surface area contributed by atoms with Crippen LogP contribution in [0.25, 0.3) is 0 Å². The van der Waals surface area contributed by atoms with Gasteiger partial charge in [-0.3, -0.25) is 9.48 Å². The molecule has 1 amide bonds. The number of nitrogens with one attached hydrogen (secondary N) is 1. The van der Waals surface area contributed by atoms with Crippen LogP contribution in [0.15, 0.2) is 24.3 Å². The monoisotopic (exact) mass is 272 g/mol. The van der Waals surface area contributed by atoms with Crippen molar-refractivity contribution < 1.29 is 4.79 Å². The molecule has 106 valence electrons. The summed E-state index contributed by atoms with van der Waals surface area (Å²) in [7, 11) is 1.76. The molecule has 0 aliphatic carbocycles. The molecule has 5 nitrogen and oxygen atoms in total. The molecule has 3 N–H and O–H groups in total. The third-order valence-electron chi connectivity index (χ3n) is 3.29. The standard InChI is InChI=1S/C15H20N4O/c1-10-4-6-12(7-5-10)8-9-13(20)17-15-14(16)11(2)18-19(15)3/h4-7H,8-9,16H2,1-3H3,(H,17,20). The van der Waals surface area contributed by atoms with E-state index in [9.17, 15) is 4.79 Å². The lowest BCUT2D eigenvalue weighted by molar-refractivity contribution is -0.116. The minimum Gasteiger partial charge on any atom is -0.394 e. The van der Waals surface area contributed by atoms with Gasteiger partial charge in [-0.2, -0.15) is 5.10 Å². The van der Waals surface area contributed by atoms with Gasteiger partial charge in [-0.25, -0.2) is 0 Å². The summed E-state index contributed by atoms with van der Waals surface area (Å²) in [6.07, 6.45) is 1.13. The van der Waals surface area contributed by atoms with Gasteiger partial charge in [0.15, 0.2) is 5.82 Å². The molecule has 5 heteroatoms. The molecule has 0 aliphatic heterocycles. The van der Waals surface area contributed by atoms with Crippen molar-refractivity contribution in [3.63, 3.8) is 0 Å². The minimum absolute atomic E-state index is 0.0553. The summed E-state index contributed by atoms with van der Waals surface area (Å²) in [6, 6.07) is 8.20. The number of carbonyl (C=O) groups is 1. The number of aryl methyl sites for hydroxylation is 4. The normalized spacial score (nSPS) is 10.6. The number of nitrogens with zero attached hydrogens (tertiary/aromatic N) is 2. The van der Waals surface area contributed by atoms with Crippen LogP contribution in [0.3, 0.4) is 0 Å². The molecular weight excluding hydrogens is 252 g/mol. The van der Waals surface area contributed by atoms with E-state index in [1.165, 1.54) is 5.56 Å². The Hall–Kier alpha value is -2.30. The summed E-state index contributed by atoms with van der Waals surface area (Å²) in [4.78, 5) is 12.0. The van der Waals surface area contributed by atoms with Crippen molar-refractivity contribution in [2.24, 2.45) is 7.05 Å². The van der Waals surface area contributed by atoms with Crippen LogP contribution in [0, 0.1) is 13.8 Å². The van der Waals surface area contributed by atoms with E-state index in [4.69, 9.17) is 5.73 Å². The van der Waals surface area contributed by atoms with Gasteiger partial charge >= 0.3 is 0 Å². The number of benzene rings is 1. The molecule has 0 fully saturated rings. The number of carbonyl (C=O) groups excluding carboxylic acids is 1. The minimum atomic E-state index is -0.0553. The molecule has 0 spiro atoms. The molecule has 0 unspecified atom stereocenters. The highest BCUT2D eigenvalue weighted by Crippen LogP contribution is 2.21. The summed E-state index contributed by atoms with van der Waals surface area (Å²) < 4.78 is 1.59. The third kappa shape index (κ3) is 3.17. The van der Waals surface area contributed by atoms with Crippen molar-refractivity contribution in [2.75, 3.05) is 11.1 Å². The Labute approximate surface area is 118 Å². The number of nitrogen functional groups attached to an aromatic ring is 1. The fourth-order valence-electron chi connectivity index (χ4n) is 2.03. The number of hydrogen-bond acceptors (Lipinski definition) is 3. The summed E-state index contributed by atoms with van der Waals surface area (Å²) in [5.74, 6) is 0.511. The molecule has 2 aromatic rings. The van der Waals surface area contributed by atoms with Gasteiger partial charge in [0.05, 0.1) is 11.4 Å². The molecule has 0 bridgehead atoms. The van der Waals surface area contributed by atoms with Crippen molar-refractivity contribution in [3.8, 4) is 0 Å². The summed E-state index contributed by atoms with van der Waals surface area (Å²) >= 11 is 0. The van der Waals surface area contributed by atoms with Crippen molar-refractivity contribution >= 4 is 17.4 Å². The highest BCUT2D eigenvalue weighted by Gasteiger charge is 2.12. The smallest absolute Gasteiger partial charge is 0.225 e. The zero-order valence-corrected chi connectivity index (χ0v) is 12.1.